The molecule has 0 saturated heterocycles. The molecule has 0 heterocycles. The Balaban J connectivity index is 2.09. The Morgan fingerprint density at radius 3 is 2.86 bits per heavy atom. The lowest BCUT2D eigenvalue weighted by Gasteiger charge is -2.26. The van der Waals surface area contributed by atoms with E-state index >= 15 is 0 Å². The van der Waals surface area contributed by atoms with E-state index in [0.717, 1.165) is 19.3 Å². The number of nitrogen functional groups attached to an aromatic ring is 1. The minimum absolute atomic E-state index is 0.0429. The van der Waals surface area contributed by atoms with Gasteiger partial charge >= 0.3 is 0 Å². The second kappa shape index (κ2) is 6.64. The Kier molecular flexibility index (Phi) is 5.08. The molecule has 1 fully saturated rings. The van der Waals surface area contributed by atoms with Gasteiger partial charge in [-0.2, -0.15) is 0 Å². The van der Waals surface area contributed by atoms with Crippen LogP contribution in [0, 0.1) is 5.92 Å². The molecule has 0 spiro atoms. The van der Waals surface area contributed by atoms with E-state index in [9.17, 15) is 13.5 Å². The second-order valence-electron chi connectivity index (χ2n) is 5.45. The fraction of sp³-hybridized carbons (Fsp3) is 0.571. The van der Waals surface area contributed by atoms with Gasteiger partial charge in [0.05, 0.1) is 13.2 Å². The lowest BCUT2D eigenvalue weighted by atomic mass is 9.87. The second-order valence-corrected chi connectivity index (χ2v) is 7.18. The summed E-state index contributed by atoms with van der Waals surface area (Å²) in [5.74, 6) is 0.427. The number of hydrogen-bond donors (Lipinski definition) is 3. The van der Waals surface area contributed by atoms with Crippen molar-refractivity contribution in [3.8, 4) is 5.75 Å². The van der Waals surface area contributed by atoms with Crippen LogP contribution < -0.4 is 15.2 Å². The molecule has 1 aromatic carbocycles. The molecule has 0 aromatic heterocycles. The summed E-state index contributed by atoms with van der Waals surface area (Å²) in [5, 5.41) is 9.63. The van der Waals surface area contributed by atoms with Gasteiger partial charge in [-0.25, -0.2) is 13.1 Å². The van der Waals surface area contributed by atoms with Crippen molar-refractivity contribution < 1.29 is 18.3 Å². The molecule has 2 unspecified atom stereocenters. The van der Waals surface area contributed by atoms with Gasteiger partial charge in [-0.3, -0.25) is 0 Å². The van der Waals surface area contributed by atoms with E-state index in [1.54, 1.807) is 6.07 Å². The highest BCUT2D eigenvalue weighted by atomic mass is 32.2. The Hall–Kier alpha value is -1.31. The highest BCUT2D eigenvalue weighted by Crippen LogP contribution is 2.27. The van der Waals surface area contributed by atoms with Gasteiger partial charge in [-0.15, -0.1) is 0 Å². The van der Waals surface area contributed by atoms with E-state index in [0.29, 0.717) is 18.7 Å². The highest BCUT2D eigenvalue weighted by molar-refractivity contribution is 7.89. The van der Waals surface area contributed by atoms with Crippen LogP contribution >= 0.6 is 0 Å². The molecular formula is C14H22N2O4S. The van der Waals surface area contributed by atoms with Gasteiger partial charge in [0.25, 0.3) is 0 Å². The van der Waals surface area contributed by atoms with Crippen molar-refractivity contribution >= 4 is 15.7 Å². The van der Waals surface area contributed by atoms with E-state index in [1.165, 1.54) is 19.2 Å². The van der Waals surface area contributed by atoms with Crippen LogP contribution in [-0.4, -0.2) is 33.3 Å². The summed E-state index contributed by atoms with van der Waals surface area (Å²) in [4.78, 5) is 0.0429. The normalized spacial score (nSPS) is 23.0. The number of nitrogens with two attached hydrogens (primary N) is 1. The van der Waals surface area contributed by atoms with E-state index in [-0.39, 0.29) is 22.7 Å². The number of benzene rings is 1. The fourth-order valence-corrected chi connectivity index (χ4v) is 3.97. The molecular weight excluding hydrogens is 292 g/mol. The molecule has 0 amide bonds. The summed E-state index contributed by atoms with van der Waals surface area (Å²) in [5.41, 5.74) is 6.02. The quantitative estimate of drug-likeness (QED) is 0.707. The molecule has 7 heteroatoms. The van der Waals surface area contributed by atoms with Crippen LogP contribution in [0.3, 0.4) is 0 Å². The van der Waals surface area contributed by atoms with Gasteiger partial charge in [0.1, 0.15) is 10.6 Å². The third-order valence-corrected chi connectivity index (χ3v) is 5.24. The molecule has 4 N–H and O–H groups in total. The number of methoxy groups -OCH3 is 1. The largest absolute Gasteiger partial charge is 0.495 e. The van der Waals surface area contributed by atoms with Crippen LogP contribution in [0.15, 0.2) is 23.1 Å². The summed E-state index contributed by atoms with van der Waals surface area (Å²) in [6.45, 7) is 0.317. The van der Waals surface area contributed by atoms with Gasteiger partial charge < -0.3 is 15.6 Å². The first kappa shape index (κ1) is 16.1. The average molecular weight is 314 g/mol. The van der Waals surface area contributed by atoms with Gasteiger partial charge in [-0.05, 0) is 43.4 Å². The summed E-state index contributed by atoms with van der Waals surface area (Å²) in [6, 6.07) is 4.51. The number of rotatable bonds is 5. The first-order valence-electron chi connectivity index (χ1n) is 7.03. The topological polar surface area (TPSA) is 102 Å². The Labute approximate surface area is 125 Å². The molecule has 1 aromatic rings. The maximum atomic E-state index is 12.4. The van der Waals surface area contributed by atoms with Crippen molar-refractivity contribution in [3.05, 3.63) is 18.2 Å². The number of ether oxygens (including phenoxy) is 1. The molecule has 0 bridgehead atoms. The first-order valence-corrected chi connectivity index (χ1v) is 8.52. The molecule has 0 aliphatic heterocycles. The number of hydrogen-bond acceptors (Lipinski definition) is 5. The molecule has 1 aliphatic rings. The van der Waals surface area contributed by atoms with Crippen LogP contribution in [0.25, 0.3) is 0 Å². The van der Waals surface area contributed by atoms with E-state index in [1.807, 2.05) is 0 Å². The minimum atomic E-state index is -3.68. The minimum Gasteiger partial charge on any atom is -0.495 e. The van der Waals surface area contributed by atoms with Crippen molar-refractivity contribution in [2.75, 3.05) is 19.4 Å². The summed E-state index contributed by atoms with van der Waals surface area (Å²) in [7, 11) is -2.26. The zero-order valence-corrected chi connectivity index (χ0v) is 12.9. The van der Waals surface area contributed by atoms with Gasteiger partial charge in [0.15, 0.2) is 0 Å². The molecule has 2 rings (SSSR count). The summed E-state index contributed by atoms with van der Waals surface area (Å²) >= 11 is 0. The number of nitrogens with one attached hydrogen (secondary N) is 1. The van der Waals surface area contributed by atoms with Crippen LogP contribution in [0.5, 0.6) is 5.75 Å². The monoisotopic (exact) mass is 314 g/mol. The van der Waals surface area contributed by atoms with E-state index in [2.05, 4.69) is 4.72 Å². The van der Waals surface area contributed by atoms with Crippen molar-refractivity contribution in [3.63, 3.8) is 0 Å². The van der Waals surface area contributed by atoms with Crippen LogP contribution in [0.2, 0.25) is 0 Å². The smallest absolute Gasteiger partial charge is 0.244 e. The number of aliphatic hydroxyl groups excluding tert-OH is 1. The maximum Gasteiger partial charge on any atom is 0.244 e. The van der Waals surface area contributed by atoms with Crippen LogP contribution in [0.4, 0.5) is 5.69 Å². The predicted molar refractivity (Wildman–Crippen MR) is 80.6 cm³/mol. The molecule has 1 aliphatic carbocycles. The Bertz CT molecular complexity index is 589. The average Bonchev–Trinajstić information content (AvgIpc) is 2.45. The van der Waals surface area contributed by atoms with Crippen LogP contribution in [0.1, 0.15) is 25.7 Å². The van der Waals surface area contributed by atoms with Gasteiger partial charge in [0, 0.05) is 12.2 Å². The molecule has 0 radical (unpaired) electrons. The lowest BCUT2D eigenvalue weighted by Crippen LogP contribution is -2.33. The van der Waals surface area contributed by atoms with Crippen molar-refractivity contribution in [2.45, 2.75) is 36.7 Å². The zero-order chi connectivity index (χ0) is 15.5. The Morgan fingerprint density at radius 1 is 1.43 bits per heavy atom. The zero-order valence-electron chi connectivity index (χ0n) is 12.1. The number of anilines is 1. The molecule has 1 saturated carbocycles. The van der Waals surface area contributed by atoms with Crippen molar-refractivity contribution in [1.82, 2.24) is 4.72 Å². The molecule has 2 atom stereocenters. The fourth-order valence-electron chi connectivity index (χ4n) is 2.66. The maximum absolute atomic E-state index is 12.4. The van der Waals surface area contributed by atoms with Crippen molar-refractivity contribution in [1.29, 1.82) is 0 Å². The van der Waals surface area contributed by atoms with E-state index < -0.39 is 10.0 Å². The Morgan fingerprint density at radius 2 is 2.19 bits per heavy atom. The standard InChI is InChI=1S/C14H22N2O4S/c1-20-13-6-5-11(15)8-14(13)21(18,19)16-9-10-3-2-4-12(17)7-10/h5-6,8,10,12,16-17H,2-4,7,9,15H2,1H3. The molecule has 118 valence electrons. The number of sulfonamides is 1. The molecule has 21 heavy (non-hydrogen) atoms. The lowest BCUT2D eigenvalue weighted by molar-refractivity contribution is 0.102. The number of aliphatic hydroxyl groups is 1. The summed E-state index contributed by atoms with van der Waals surface area (Å²) in [6.07, 6.45) is 2.96. The third-order valence-electron chi connectivity index (χ3n) is 3.79. The van der Waals surface area contributed by atoms with Crippen molar-refractivity contribution in [2.24, 2.45) is 5.92 Å². The van der Waals surface area contributed by atoms with Crippen LogP contribution in [-0.2, 0) is 10.0 Å². The predicted octanol–water partition coefficient (Wildman–Crippen LogP) is 1.11. The van der Waals surface area contributed by atoms with Gasteiger partial charge in [0.2, 0.25) is 10.0 Å². The van der Waals surface area contributed by atoms with E-state index in [4.69, 9.17) is 10.5 Å². The highest BCUT2D eigenvalue weighted by Gasteiger charge is 2.24. The molecule has 6 nitrogen and oxygen atoms in total. The summed E-state index contributed by atoms with van der Waals surface area (Å²) < 4.78 is 32.4. The SMILES string of the molecule is COc1ccc(N)cc1S(=O)(=O)NCC1CCCC(O)C1. The van der Waals surface area contributed by atoms with Gasteiger partial charge in [-0.1, -0.05) is 6.42 Å². The first-order chi connectivity index (χ1) is 9.92. The third kappa shape index (κ3) is 4.09.